The molecule has 2 aliphatic heterocycles. The molecule has 0 N–H and O–H groups in total. The Kier molecular flexibility index (Phi) is 7.55. The molecule has 0 spiro atoms. The molecule has 1 amide bonds. The molecule has 0 bridgehead atoms. The first kappa shape index (κ1) is 24.6. The van der Waals surface area contributed by atoms with Crippen LogP contribution < -0.4 is 9.64 Å². The molecule has 34 heavy (non-hydrogen) atoms. The van der Waals surface area contributed by atoms with Gasteiger partial charge in [0.1, 0.15) is 11.5 Å². The maximum atomic E-state index is 13.5. The van der Waals surface area contributed by atoms with Crippen LogP contribution >= 0.6 is 0 Å². The number of furan rings is 1. The Balaban J connectivity index is 1.48. The normalized spacial score (nSPS) is 20.9. The Labute approximate surface area is 203 Å². The van der Waals surface area contributed by atoms with Crippen molar-refractivity contribution in [1.29, 1.82) is 0 Å². The number of anilines is 1. The van der Waals surface area contributed by atoms with Crippen LogP contribution in [0, 0.1) is 0 Å². The molecule has 2 fully saturated rings. The van der Waals surface area contributed by atoms with Gasteiger partial charge < -0.3 is 19.0 Å². The predicted octanol–water partition coefficient (Wildman–Crippen LogP) is 4.38. The molecule has 0 saturated carbocycles. The number of rotatable bonds is 8. The second kappa shape index (κ2) is 10.4. The highest BCUT2D eigenvalue weighted by Crippen LogP contribution is 2.27. The Morgan fingerprint density at radius 1 is 1.09 bits per heavy atom. The maximum absolute atomic E-state index is 13.5. The van der Waals surface area contributed by atoms with Crippen molar-refractivity contribution in [1.82, 2.24) is 4.90 Å². The number of hydrogen-bond acceptors (Lipinski definition) is 6. The van der Waals surface area contributed by atoms with E-state index >= 15 is 0 Å². The predicted molar refractivity (Wildman–Crippen MR) is 133 cm³/mol. The highest BCUT2D eigenvalue weighted by atomic mass is 32.2. The van der Waals surface area contributed by atoms with E-state index < -0.39 is 15.9 Å². The summed E-state index contributed by atoms with van der Waals surface area (Å²) in [4.78, 5) is 17.4. The zero-order chi connectivity index (χ0) is 24.3. The van der Waals surface area contributed by atoms with Gasteiger partial charge in [-0.1, -0.05) is 26.0 Å². The minimum Gasteiger partial charge on any atom is -0.481 e. The van der Waals surface area contributed by atoms with Gasteiger partial charge in [-0.05, 0) is 62.3 Å². The lowest BCUT2D eigenvalue weighted by Gasteiger charge is -2.30. The zero-order valence-electron chi connectivity index (χ0n) is 20.4. The van der Waals surface area contributed by atoms with Gasteiger partial charge in [0.05, 0.1) is 18.1 Å². The smallest absolute Gasteiger partial charge is 0.264 e. The van der Waals surface area contributed by atoms with Crippen LogP contribution in [0.15, 0.2) is 40.8 Å². The van der Waals surface area contributed by atoms with Crippen LogP contribution in [0.5, 0.6) is 5.75 Å². The maximum Gasteiger partial charge on any atom is 0.264 e. The molecule has 8 heteroatoms. The Bertz CT molecular complexity index is 1070. The number of carbonyl (C=O) groups is 1. The molecule has 4 rings (SSSR count). The van der Waals surface area contributed by atoms with E-state index in [1.54, 1.807) is 11.8 Å². The average molecular weight is 489 g/mol. The molecule has 2 aromatic rings. The van der Waals surface area contributed by atoms with Gasteiger partial charge >= 0.3 is 0 Å². The fraction of sp³-hybridized carbons (Fsp3) is 0.577. The Morgan fingerprint density at radius 2 is 1.79 bits per heavy atom. The minimum absolute atomic E-state index is 0.0196. The summed E-state index contributed by atoms with van der Waals surface area (Å²) in [5, 5.41) is 0. The van der Waals surface area contributed by atoms with Crippen molar-refractivity contribution in [2.75, 3.05) is 29.5 Å². The van der Waals surface area contributed by atoms with Gasteiger partial charge in [0.2, 0.25) is 0 Å². The van der Waals surface area contributed by atoms with Gasteiger partial charge in [-0.2, -0.15) is 0 Å². The molecule has 0 radical (unpaired) electrons. The highest BCUT2D eigenvalue weighted by Gasteiger charge is 2.37. The number of carbonyl (C=O) groups excluding carboxylic acids is 1. The summed E-state index contributed by atoms with van der Waals surface area (Å²) >= 11 is 0. The van der Waals surface area contributed by atoms with Gasteiger partial charge in [0.25, 0.3) is 5.91 Å². The zero-order valence-corrected chi connectivity index (χ0v) is 21.2. The first-order chi connectivity index (χ1) is 16.2. The molecule has 2 unspecified atom stereocenters. The van der Waals surface area contributed by atoms with Crippen LogP contribution in [0.3, 0.4) is 0 Å². The minimum atomic E-state index is -3.15. The lowest BCUT2D eigenvalue weighted by Crippen LogP contribution is -2.46. The van der Waals surface area contributed by atoms with Crippen LogP contribution in [0.2, 0.25) is 0 Å². The summed E-state index contributed by atoms with van der Waals surface area (Å²) in [7, 11) is -3.15. The second-order valence-corrected chi connectivity index (χ2v) is 12.0. The van der Waals surface area contributed by atoms with Gasteiger partial charge in [-0.25, -0.2) is 8.42 Å². The van der Waals surface area contributed by atoms with Gasteiger partial charge in [0.15, 0.2) is 21.8 Å². The summed E-state index contributed by atoms with van der Waals surface area (Å²) in [6.07, 6.45) is 3.22. The Hall–Kier alpha value is -2.48. The summed E-state index contributed by atoms with van der Waals surface area (Å²) in [5.74, 6) is 2.36. The van der Waals surface area contributed by atoms with Crippen LogP contribution in [0.25, 0.3) is 0 Å². The first-order valence-electron chi connectivity index (χ1n) is 12.3. The van der Waals surface area contributed by atoms with E-state index in [2.05, 4.69) is 18.7 Å². The fourth-order valence-electron chi connectivity index (χ4n) is 4.73. The highest BCUT2D eigenvalue weighted by molar-refractivity contribution is 7.91. The summed E-state index contributed by atoms with van der Waals surface area (Å²) in [5.41, 5.74) is 1.20. The number of hydrogen-bond donors (Lipinski definition) is 0. The molecule has 0 aliphatic carbocycles. The van der Waals surface area contributed by atoms with Crippen molar-refractivity contribution in [3.8, 4) is 5.75 Å². The topological polar surface area (TPSA) is 80.1 Å². The molecule has 1 aromatic heterocycles. The van der Waals surface area contributed by atoms with E-state index in [0.29, 0.717) is 23.8 Å². The lowest BCUT2D eigenvalue weighted by atomic mass is 10.0. The molecule has 186 valence electrons. The van der Waals surface area contributed by atoms with Gasteiger partial charge in [0, 0.05) is 25.2 Å². The third kappa shape index (κ3) is 5.95. The third-order valence-electron chi connectivity index (χ3n) is 6.78. The van der Waals surface area contributed by atoms with Crippen molar-refractivity contribution >= 4 is 21.6 Å². The summed E-state index contributed by atoms with van der Waals surface area (Å²) in [6.45, 7) is 8.14. The molecular formula is C26H36N2O5S. The molecule has 2 aliphatic rings. The molecule has 1 aromatic carbocycles. The van der Waals surface area contributed by atoms with E-state index in [9.17, 15) is 13.2 Å². The number of benzene rings is 1. The molecule has 3 heterocycles. The van der Waals surface area contributed by atoms with E-state index in [1.807, 2.05) is 36.4 Å². The summed E-state index contributed by atoms with van der Waals surface area (Å²) < 4.78 is 36.4. The third-order valence-corrected chi connectivity index (χ3v) is 8.53. The lowest BCUT2D eigenvalue weighted by molar-refractivity contribution is -0.140. The number of piperidine rings is 1. The molecule has 7 nitrogen and oxygen atoms in total. The van der Waals surface area contributed by atoms with E-state index in [-0.39, 0.29) is 30.0 Å². The van der Waals surface area contributed by atoms with Crippen LogP contribution in [0.4, 0.5) is 5.88 Å². The van der Waals surface area contributed by atoms with Crippen molar-refractivity contribution in [3.05, 3.63) is 47.7 Å². The van der Waals surface area contributed by atoms with E-state index in [0.717, 1.165) is 31.8 Å². The van der Waals surface area contributed by atoms with Gasteiger partial charge in [-0.15, -0.1) is 0 Å². The second-order valence-electron chi connectivity index (χ2n) is 9.79. The van der Waals surface area contributed by atoms with E-state index in [4.69, 9.17) is 9.15 Å². The number of amides is 1. The van der Waals surface area contributed by atoms with Crippen LogP contribution in [-0.4, -0.2) is 56.0 Å². The average Bonchev–Trinajstić information content (AvgIpc) is 3.44. The van der Waals surface area contributed by atoms with Crippen LogP contribution in [-0.2, 0) is 21.2 Å². The molecular weight excluding hydrogens is 452 g/mol. The Morgan fingerprint density at radius 3 is 2.41 bits per heavy atom. The van der Waals surface area contributed by atoms with Crippen molar-refractivity contribution in [2.24, 2.45) is 0 Å². The van der Waals surface area contributed by atoms with Crippen molar-refractivity contribution in [3.63, 3.8) is 0 Å². The number of ether oxygens (including phenoxy) is 1. The standard InChI is InChI=1S/C26H36N2O5S/c1-19(2)21-7-9-23(10-8-21)32-20(3)26(29)28(22-13-16-34(30,31)18-22)17-24-11-12-25(33-24)27-14-5-4-6-15-27/h7-12,19-20,22H,4-6,13-18H2,1-3H3. The number of nitrogens with zero attached hydrogens (tertiary/aromatic N) is 2. The van der Waals surface area contributed by atoms with Crippen molar-refractivity contribution < 1.29 is 22.4 Å². The monoisotopic (exact) mass is 488 g/mol. The number of sulfone groups is 1. The molecule has 2 atom stereocenters. The fourth-order valence-corrected chi connectivity index (χ4v) is 6.46. The van der Waals surface area contributed by atoms with Gasteiger partial charge in [-0.3, -0.25) is 4.79 Å². The van der Waals surface area contributed by atoms with Crippen LogP contribution in [0.1, 0.15) is 63.7 Å². The quantitative estimate of drug-likeness (QED) is 0.549. The summed E-state index contributed by atoms with van der Waals surface area (Å²) in [6, 6.07) is 11.2. The van der Waals surface area contributed by atoms with Crippen molar-refractivity contribution in [2.45, 2.75) is 71.1 Å². The largest absolute Gasteiger partial charge is 0.481 e. The SMILES string of the molecule is CC(Oc1ccc(C(C)C)cc1)C(=O)N(Cc1ccc(N2CCCCC2)o1)C1CCS(=O)(=O)C1. The van der Waals surface area contributed by atoms with E-state index in [1.165, 1.54) is 12.0 Å². The first-order valence-corrected chi connectivity index (χ1v) is 14.1. The molecule has 2 saturated heterocycles.